The number of allylic oxidation sites excluding steroid dienone is 1. The average Bonchev–Trinajstić information content (AvgIpc) is 2.40. The van der Waals surface area contributed by atoms with Gasteiger partial charge >= 0.3 is 5.97 Å². The molecule has 0 N–H and O–H groups in total. The Labute approximate surface area is 66.0 Å². The molecule has 1 saturated heterocycles. The van der Waals surface area contributed by atoms with E-state index in [-0.39, 0.29) is 5.97 Å². The Kier molecular flexibility index (Phi) is 2.52. The number of methoxy groups -OCH3 is 1. The topological polar surface area (TPSA) is 35.5 Å². The first-order valence-electron chi connectivity index (χ1n) is 3.72. The van der Waals surface area contributed by atoms with Gasteiger partial charge in [0.15, 0.2) is 0 Å². The molecule has 0 aromatic rings. The number of ether oxygens (including phenoxy) is 2. The molecule has 1 aliphatic rings. The van der Waals surface area contributed by atoms with Gasteiger partial charge in [-0.2, -0.15) is 0 Å². The maximum absolute atomic E-state index is 11.0. The van der Waals surface area contributed by atoms with Crippen molar-refractivity contribution in [2.45, 2.75) is 19.8 Å². The summed E-state index contributed by atoms with van der Waals surface area (Å²) in [7, 11) is 1.58. The molecule has 1 fully saturated rings. The van der Waals surface area contributed by atoms with Crippen LogP contribution in [0.25, 0.3) is 0 Å². The fourth-order valence-electron chi connectivity index (χ4n) is 1.17. The van der Waals surface area contributed by atoms with E-state index in [4.69, 9.17) is 9.47 Å². The Bertz CT molecular complexity index is 188. The molecule has 3 heteroatoms. The van der Waals surface area contributed by atoms with Gasteiger partial charge in [-0.3, -0.25) is 0 Å². The van der Waals surface area contributed by atoms with Crippen molar-refractivity contribution in [3.8, 4) is 0 Å². The molecule has 0 aromatic heterocycles. The van der Waals surface area contributed by atoms with Crippen molar-refractivity contribution in [1.29, 1.82) is 0 Å². The van der Waals surface area contributed by atoms with Crippen molar-refractivity contribution in [3.63, 3.8) is 0 Å². The third-order valence-corrected chi connectivity index (χ3v) is 1.74. The third-order valence-electron chi connectivity index (χ3n) is 1.74. The van der Waals surface area contributed by atoms with Crippen LogP contribution in [0.1, 0.15) is 19.8 Å². The lowest BCUT2D eigenvalue weighted by Crippen LogP contribution is -2.00. The minimum absolute atomic E-state index is 0.219. The molecule has 1 rings (SSSR count). The minimum atomic E-state index is -0.219. The number of hydrogen-bond donors (Lipinski definition) is 0. The summed E-state index contributed by atoms with van der Waals surface area (Å²) in [6.45, 7) is 2.46. The molecule has 0 unspecified atom stereocenters. The quantitative estimate of drug-likeness (QED) is 0.343. The maximum atomic E-state index is 11.0. The lowest BCUT2D eigenvalue weighted by Gasteiger charge is -2.03. The molecule has 0 aromatic carbocycles. The largest absolute Gasteiger partial charge is 0.501 e. The fourth-order valence-corrected chi connectivity index (χ4v) is 1.17. The lowest BCUT2D eigenvalue weighted by atomic mass is 10.1. The monoisotopic (exact) mass is 156 g/mol. The van der Waals surface area contributed by atoms with Gasteiger partial charge < -0.3 is 9.47 Å². The molecule has 62 valence electrons. The predicted molar refractivity (Wildman–Crippen MR) is 39.9 cm³/mol. The number of hydrogen-bond acceptors (Lipinski definition) is 3. The number of esters is 1. The van der Waals surface area contributed by atoms with E-state index in [1.807, 2.05) is 6.92 Å². The van der Waals surface area contributed by atoms with Gasteiger partial charge in [0.25, 0.3) is 0 Å². The number of carbonyl (C=O) groups is 1. The Morgan fingerprint density at radius 2 is 2.45 bits per heavy atom. The van der Waals surface area contributed by atoms with Crippen molar-refractivity contribution >= 4 is 5.97 Å². The Morgan fingerprint density at radius 1 is 1.73 bits per heavy atom. The van der Waals surface area contributed by atoms with E-state index in [0.717, 1.165) is 12.2 Å². The van der Waals surface area contributed by atoms with Gasteiger partial charge in [-0.25, -0.2) is 4.79 Å². The highest BCUT2D eigenvalue weighted by Gasteiger charge is 2.22. The SMILES string of the molecule is CC/C(OC)=C1/CCOC1=O. The van der Waals surface area contributed by atoms with Crippen LogP contribution in [0.3, 0.4) is 0 Å². The van der Waals surface area contributed by atoms with Crippen molar-refractivity contribution in [3.05, 3.63) is 11.3 Å². The van der Waals surface area contributed by atoms with Crippen LogP contribution in [0.4, 0.5) is 0 Å². The van der Waals surface area contributed by atoms with Crippen LogP contribution in [-0.2, 0) is 14.3 Å². The van der Waals surface area contributed by atoms with Gasteiger partial charge in [-0.15, -0.1) is 0 Å². The van der Waals surface area contributed by atoms with Crippen LogP contribution in [-0.4, -0.2) is 19.7 Å². The van der Waals surface area contributed by atoms with Crippen molar-refractivity contribution in [2.24, 2.45) is 0 Å². The highest BCUT2D eigenvalue weighted by Crippen LogP contribution is 2.19. The predicted octanol–water partition coefficient (Wildman–Crippen LogP) is 1.24. The highest BCUT2D eigenvalue weighted by atomic mass is 16.5. The van der Waals surface area contributed by atoms with Crippen molar-refractivity contribution in [1.82, 2.24) is 0 Å². The summed E-state index contributed by atoms with van der Waals surface area (Å²) in [5.41, 5.74) is 0.704. The first kappa shape index (κ1) is 8.11. The zero-order valence-corrected chi connectivity index (χ0v) is 6.85. The normalized spacial score (nSPS) is 21.5. The second-order valence-electron chi connectivity index (χ2n) is 2.35. The lowest BCUT2D eigenvalue weighted by molar-refractivity contribution is -0.135. The van der Waals surface area contributed by atoms with E-state index < -0.39 is 0 Å². The molecule has 0 spiro atoms. The fraction of sp³-hybridized carbons (Fsp3) is 0.625. The Morgan fingerprint density at radius 3 is 2.82 bits per heavy atom. The van der Waals surface area contributed by atoms with Gasteiger partial charge in [0.2, 0.25) is 0 Å². The van der Waals surface area contributed by atoms with Gasteiger partial charge in [0.1, 0.15) is 5.76 Å². The van der Waals surface area contributed by atoms with Crippen LogP contribution in [0, 0.1) is 0 Å². The summed E-state index contributed by atoms with van der Waals surface area (Å²) in [6, 6.07) is 0. The minimum Gasteiger partial charge on any atom is -0.501 e. The standard InChI is InChI=1S/C8H12O3/c1-3-7(10-2)6-4-5-11-8(6)9/h3-5H2,1-2H3/b7-6+. The number of cyclic esters (lactones) is 1. The van der Waals surface area contributed by atoms with E-state index in [9.17, 15) is 4.79 Å². The van der Waals surface area contributed by atoms with Crippen LogP contribution >= 0.6 is 0 Å². The molecule has 0 aliphatic carbocycles. The molecule has 0 atom stereocenters. The van der Waals surface area contributed by atoms with Gasteiger partial charge in [-0.05, 0) is 0 Å². The van der Waals surface area contributed by atoms with E-state index >= 15 is 0 Å². The molecule has 0 radical (unpaired) electrons. The van der Waals surface area contributed by atoms with Crippen molar-refractivity contribution < 1.29 is 14.3 Å². The molecule has 3 nitrogen and oxygen atoms in total. The molecule has 0 saturated carbocycles. The smallest absolute Gasteiger partial charge is 0.337 e. The number of rotatable bonds is 2. The average molecular weight is 156 g/mol. The summed E-state index contributed by atoms with van der Waals surface area (Å²) >= 11 is 0. The maximum Gasteiger partial charge on any atom is 0.337 e. The van der Waals surface area contributed by atoms with E-state index in [2.05, 4.69) is 0 Å². The first-order chi connectivity index (χ1) is 5.29. The second-order valence-corrected chi connectivity index (χ2v) is 2.35. The molecule has 0 amide bonds. The van der Waals surface area contributed by atoms with Gasteiger partial charge in [0, 0.05) is 12.8 Å². The van der Waals surface area contributed by atoms with Gasteiger partial charge in [-0.1, -0.05) is 6.92 Å². The molecular weight excluding hydrogens is 144 g/mol. The molecule has 11 heavy (non-hydrogen) atoms. The summed E-state index contributed by atoms with van der Waals surface area (Å²) in [5.74, 6) is 0.538. The molecular formula is C8H12O3. The van der Waals surface area contributed by atoms with Crippen molar-refractivity contribution in [2.75, 3.05) is 13.7 Å². The van der Waals surface area contributed by atoms with Crippen LogP contribution in [0.2, 0.25) is 0 Å². The second kappa shape index (κ2) is 3.42. The van der Waals surface area contributed by atoms with Crippen LogP contribution in [0.15, 0.2) is 11.3 Å². The van der Waals surface area contributed by atoms with Crippen LogP contribution in [0.5, 0.6) is 0 Å². The summed E-state index contributed by atoms with van der Waals surface area (Å²) in [4.78, 5) is 11.0. The zero-order valence-electron chi connectivity index (χ0n) is 6.85. The molecule has 0 bridgehead atoms. The third kappa shape index (κ3) is 1.53. The first-order valence-corrected chi connectivity index (χ1v) is 3.72. The highest BCUT2D eigenvalue weighted by molar-refractivity contribution is 5.90. The van der Waals surface area contributed by atoms with E-state index in [1.54, 1.807) is 7.11 Å². The van der Waals surface area contributed by atoms with E-state index in [0.29, 0.717) is 18.6 Å². The number of carbonyl (C=O) groups excluding carboxylic acids is 1. The molecule has 1 aliphatic heterocycles. The zero-order chi connectivity index (χ0) is 8.27. The van der Waals surface area contributed by atoms with Crippen LogP contribution < -0.4 is 0 Å². The molecule has 1 heterocycles. The van der Waals surface area contributed by atoms with Gasteiger partial charge in [0.05, 0.1) is 19.3 Å². The summed E-state index contributed by atoms with van der Waals surface area (Å²) in [5, 5.41) is 0. The Balaban J connectivity index is 2.82. The summed E-state index contributed by atoms with van der Waals surface area (Å²) in [6.07, 6.45) is 1.44. The Hall–Kier alpha value is -0.990. The summed E-state index contributed by atoms with van der Waals surface area (Å²) < 4.78 is 9.81. The van der Waals surface area contributed by atoms with E-state index in [1.165, 1.54) is 0 Å².